The Hall–Kier alpha value is -2.98. The Bertz CT molecular complexity index is 1130. The van der Waals surface area contributed by atoms with Gasteiger partial charge in [0.05, 0.1) is 22.5 Å². The van der Waals surface area contributed by atoms with E-state index in [0.717, 1.165) is 61.1 Å². The molecule has 1 fully saturated rings. The van der Waals surface area contributed by atoms with Gasteiger partial charge in [-0.2, -0.15) is 0 Å². The summed E-state index contributed by atoms with van der Waals surface area (Å²) in [5.41, 5.74) is 11.7. The van der Waals surface area contributed by atoms with Crippen LogP contribution in [-0.2, 0) is 13.0 Å². The SMILES string of the molecule is Nc1c2c(nc3ccccc13)CC/C(=C/CC1CCN(Cc3ccccc3)CC1)C2=O. The second kappa shape index (κ2) is 8.64. The van der Waals surface area contributed by atoms with E-state index in [1.807, 2.05) is 24.3 Å². The summed E-state index contributed by atoms with van der Waals surface area (Å²) in [5.74, 6) is 0.735. The molecular formula is C27H29N3O. The molecule has 2 heterocycles. The highest BCUT2D eigenvalue weighted by Crippen LogP contribution is 2.34. The zero-order valence-corrected chi connectivity index (χ0v) is 17.9. The summed E-state index contributed by atoms with van der Waals surface area (Å²) < 4.78 is 0. The number of aromatic nitrogens is 1. The molecule has 1 saturated heterocycles. The van der Waals surface area contributed by atoms with Gasteiger partial charge in [-0.1, -0.05) is 54.6 Å². The number of Topliss-reactive ketones (excluding diaryl/α,β-unsaturated/α-hetero) is 1. The molecule has 158 valence electrons. The highest BCUT2D eigenvalue weighted by molar-refractivity contribution is 6.16. The number of anilines is 1. The van der Waals surface area contributed by atoms with Crippen molar-refractivity contribution in [1.82, 2.24) is 9.88 Å². The van der Waals surface area contributed by atoms with E-state index in [1.54, 1.807) is 0 Å². The van der Waals surface area contributed by atoms with E-state index in [9.17, 15) is 4.79 Å². The summed E-state index contributed by atoms with van der Waals surface area (Å²) in [6, 6.07) is 18.5. The third-order valence-electron chi connectivity index (χ3n) is 6.81. The quantitative estimate of drug-likeness (QED) is 0.602. The van der Waals surface area contributed by atoms with E-state index >= 15 is 0 Å². The zero-order valence-electron chi connectivity index (χ0n) is 17.9. The Kier molecular flexibility index (Phi) is 5.56. The van der Waals surface area contributed by atoms with Crippen molar-refractivity contribution in [3.63, 3.8) is 0 Å². The maximum atomic E-state index is 13.2. The van der Waals surface area contributed by atoms with Gasteiger partial charge < -0.3 is 5.73 Å². The number of carbonyl (C=O) groups excluding carboxylic acids is 1. The lowest BCUT2D eigenvalue weighted by atomic mass is 9.85. The van der Waals surface area contributed by atoms with Crippen LogP contribution in [-0.4, -0.2) is 28.8 Å². The Morgan fingerprint density at radius 2 is 1.74 bits per heavy atom. The molecule has 1 aliphatic heterocycles. The van der Waals surface area contributed by atoms with Gasteiger partial charge in [0.25, 0.3) is 0 Å². The molecule has 2 N–H and O–H groups in total. The number of nitrogen functional groups attached to an aromatic ring is 1. The second-order valence-electron chi connectivity index (χ2n) is 8.86. The molecule has 2 aromatic carbocycles. The number of rotatable bonds is 4. The van der Waals surface area contributed by atoms with Crippen molar-refractivity contribution in [3.8, 4) is 0 Å². The maximum Gasteiger partial charge on any atom is 0.192 e. The number of hydrogen-bond acceptors (Lipinski definition) is 4. The molecule has 2 aliphatic rings. The number of fused-ring (bicyclic) bond motifs is 2. The molecule has 31 heavy (non-hydrogen) atoms. The molecule has 0 spiro atoms. The third kappa shape index (κ3) is 4.13. The number of allylic oxidation sites excluding steroid dienone is 2. The minimum Gasteiger partial charge on any atom is -0.398 e. The molecule has 0 unspecified atom stereocenters. The number of pyridine rings is 1. The van der Waals surface area contributed by atoms with Crippen molar-refractivity contribution in [2.75, 3.05) is 18.8 Å². The van der Waals surface area contributed by atoms with E-state index in [0.29, 0.717) is 17.2 Å². The number of para-hydroxylation sites is 1. The Morgan fingerprint density at radius 1 is 1.00 bits per heavy atom. The highest BCUT2D eigenvalue weighted by atomic mass is 16.1. The Balaban J connectivity index is 1.24. The molecule has 5 rings (SSSR count). The minimum atomic E-state index is 0.0820. The highest BCUT2D eigenvalue weighted by Gasteiger charge is 2.27. The van der Waals surface area contributed by atoms with Crippen LogP contribution in [0.2, 0.25) is 0 Å². The standard InChI is InChI=1S/C27H29N3O/c28-26-22-8-4-5-9-23(22)29-24-13-12-21(27(31)25(24)26)11-10-19-14-16-30(17-15-19)18-20-6-2-1-3-7-20/h1-9,11,19H,10,12-18H2,(H2,28,29)/b21-11-. The number of aryl methyl sites for hydroxylation is 1. The van der Waals surface area contributed by atoms with Crippen LogP contribution in [0.4, 0.5) is 5.69 Å². The van der Waals surface area contributed by atoms with Gasteiger partial charge in [-0.15, -0.1) is 0 Å². The van der Waals surface area contributed by atoms with Gasteiger partial charge in [-0.3, -0.25) is 14.7 Å². The average molecular weight is 412 g/mol. The number of nitrogens with two attached hydrogens (primary N) is 1. The predicted molar refractivity (Wildman–Crippen MR) is 126 cm³/mol. The topological polar surface area (TPSA) is 59.2 Å². The normalized spacial score (nSPS) is 19.1. The van der Waals surface area contributed by atoms with Crippen molar-refractivity contribution < 1.29 is 4.79 Å². The van der Waals surface area contributed by atoms with Crippen molar-refractivity contribution in [3.05, 3.63) is 83.1 Å². The van der Waals surface area contributed by atoms with Crippen molar-refractivity contribution in [2.24, 2.45) is 5.92 Å². The minimum absolute atomic E-state index is 0.0820. The number of piperidine rings is 1. The summed E-state index contributed by atoms with van der Waals surface area (Å²) in [4.78, 5) is 20.5. The lowest BCUT2D eigenvalue weighted by Crippen LogP contribution is -2.33. The van der Waals surface area contributed by atoms with Gasteiger partial charge >= 0.3 is 0 Å². The van der Waals surface area contributed by atoms with Crippen molar-refractivity contribution in [1.29, 1.82) is 0 Å². The zero-order chi connectivity index (χ0) is 21.2. The molecule has 1 aliphatic carbocycles. The molecule has 0 bridgehead atoms. The van der Waals surface area contributed by atoms with Gasteiger partial charge in [0, 0.05) is 11.9 Å². The average Bonchev–Trinajstić information content (AvgIpc) is 2.80. The fourth-order valence-corrected chi connectivity index (χ4v) is 4.98. The first kappa shape index (κ1) is 20.0. The van der Waals surface area contributed by atoms with Crippen LogP contribution in [0, 0.1) is 5.92 Å². The fourth-order valence-electron chi connectivity index (χ4n) is 4.98. The summed E-state index contributed by atoms with van der Waals surface area (Å²) in [6.07, 6.45) is 7.11. The van der Waals surface area contributed by atoms with Gasteiger partial charge in [0.15, 0.2) is 5.78 Å². The summed E-state index contributed by atoms with van der Waals surface area (Å²) >= 11 is 0. The first-order chi connectivity index (χ1) is 15.2. The molecule has 0 atom stereocenters. The fraction of sp³-hybridized carbons (Fsp3) is 0.333. The molecule has 4 heteroatoms. The van der Waals surface area contributed by atoms with Gasteiger partial charge in [-0.25, -0.2) is 0 Å². The first-order valence-electron chi connectivity index (χ1n) is 11.4. The number of carbonyl (C=O) groups is 1. The monoisotopic (exact) mass is 411 g/mol. The summed E-state index contributed by atoms with van der Waals surface area (Å²) in [7, 11) is 0. The molecule has 4 nitrogen and oxygen atoms in total. The molecular weight excluding hydrogens is 382 g/mol. The lowest BCUT2D eigenvalue weighted by molar-refractivity contribution is 0.102. The molecule has 1 aromatic heterocycles. The van der Waals surface area contributed by atoms with E-state index in [2.05, 4.69) is 41.3 Å². The predicted octanol–water partition coefficient (Wildman–Crippen LogP) is 5.17. The summed E-state index contributed by atoms with van der Waals surface area (Å²) in [6.45, 7) is 3.29. The van der Waals surface area contributed by atoms with E-state index in [-0.39, 0.29) is 5.78 Å². The molecule has 0 saturated carbocycles. The third-order valence-corrected chi connectivity index (χ3v) is 6.81. The Morgan fingerprint density at radius 3 is 2.55 bits per heavy atom. The van der Waals surface area contributed by atoms with Crippen LogP contribution in [0.1, 0.15) is 47.3 Å². The molecule has 3 aromatic rings. The van der Waals surface area contributed by atoms with Crippen molar-refractivity contribution in [2.45, 2.75) is 38.6 Å². The molecule has 0 radical (unpaired) electrons. The number of nitrogens with zero attached hydrogens (tertiary/aromatic N) is 2. The lowest BCUT2D eigenvalue weighted by Gasteiger charge is -2.31. The van der Waals surface area contributed by atoms with Crippen LogP contribution >= 0.6 is 0 Å². The molecule has 0 amide bonds. The van der Waals surface area contributed by atoms with Gasteiger partial charge in [0.1, 0.15) is 0 Å². The number of likely N-dealkylation sites (tertiary alicyclic amines) is 1. The van der Waals surface area contributed by atoms with E-state index in [4.69, 9.17) is 10.7 Å². The van der Waals surface area contributed by atoms with Crippen molar-refractivity contribution >= 4 is 22.4 Å². The summed E-state index contributed by atoms with van der Waals surface area (Å²) in [5, 5.41) is 0.877. The van der Waals surface area contributed by atoms with Gasteiger partial charge in [0.2, 0.25) is 0 Å². The number of benzene rings is 2. The first-order valence-corrected chi connectivity index (χ1v) is 11.4. The maximum absolute atomic E-state index is 13.2. The van der Waals surface area contributed by atoms with Crippen LogP contribution in [0.25, 0.3) is 10.9 Å². The van der Waals surface area contributed by atoms with Crippen LogP contribution in [0.5, 0.6) is 0 Å². The Labute approximate surface area is 183 Å². The second-order valence-corrected chi connectivity index (χ2v) is 8.86. The van der Waals surface area contributed by atoms with Crippen LogP contribution < -0.4 is 5.73 Å². The number of ketones is 1. The van der Waals surface area contributed by atoms with Crippen LogP contribution in [0.15, 0.2) is 66.2 Å². The van der Waals surface area contributed by atoms with E-state index in [1.165, 1.54) is 18.4 Å². The number of hydrogen-bond donors (Lipinski definition) is 1. The largest absolute Gasteiger partial charge is 0.398 e. The van der Waals surface area contributed by atoms with Gasteiger partial charge in [-0.05, 0) is 68.3 Å². The van der Waals surface area contributed by atoms with Crippen LogP contribution in [0.3, 0.4) is 0 Å². The smallest absolute Gasteiger partial charge is 0.192 e. The van der Waals surface area contributed by atoms with E-state index < -0.39 is 0 Å².